The fourth-order valence-corrected chi connectivity index (χ4v) is 3.29. The molecule has 1 aromatic carbocycles. The molecule has 27 heavy (non-hydrogen) atoms. The van der Waals surface area contributed by atoms with Gasteiger partial charge in [0.1, 0.15) is 0 Å². The average molecular weight is 383 g/mol. The van der Waals surface area contributed by atoms with Crippen LogP contribution in [0.2, 0.25) is 5.02 Å². The lowest BCUT2D eigenvalue weighted by Gasteiger charge is -2.31. The SMILES string of the molecule is O=C(Nc1ccc(Cl)cc1)C1CCN(c2ccc(-n3cccn3)nn2)CC1. The van der Waals surface area contributed by atoms with E-state index < -0.39 is 0 Å². The molecule has 138 valence electrons. The van der Waals surface area contributed by atoms with Crippen molar-refractivity contribution in [2.24, 2.45) is 5.92 Å². The second kappa shape index (κ2) is 7.75. The number of benzene rings is 1. The Balaban J connectivity index is 1.33. The van der Waals surface area contributed by atoms with Crippen LogP contribution in [0.25, 0.3) is 5.82 Å². The predicted molar refractivity (Wildman–Crippen MR) is 104 cm³/mol. The molecule has 0 saturated carbocycles. The molecule has 3 heterocycles. The molecule has 2 aromatic heterocycles. The van der Waals surface area contributed by atoms with Gasteiger partial charge in [-0.15, -0.1) is 10.2 Å². The van der Waals surface area contributed by atoms with Crippen molar-refractivity contribution in [2.45, 2.75) is 12.8 Å². The third-order valence-electron chi connectivity index (χ3n) is 4.68. The highest BCUT2D eigenvalue weighted by Gasteiger charge is 2.25. The molecule has 0 atom stereocenters. The predicted octanol–water partition coefficient (Wildman–Crippen LogP) is 3.17. The van der Waals surface area contributed by atoms with Crippen molar-refractivity contribution >= 4 is 29.0 Å². The number of halogens is 1. The van der Waals surface area contributed by atoms with Gasteiger partial charge in [0, 0.05) is 42.1 Å². The number of hydrogen-bond donors (Lipinski definition) is 1. The molecule has 1 aliphatic heterocycles. The number of piperidine rings is 1. The number of aromatic nitrogens is 4. The largest absolute Gasteiger partial charge is 0.355 e. The fraction of sp³-hybridized carbons (Fsp3) is 0.263. The number of amides is 1. The van der Waals surface area contributed by atoms with Gasteiger partial charge in [-0.2, -0.15) is 5.10 Å². The molecule has 0 aliphatic carbocycles. The molecule has 4 rings (SSSR count). The normalized spacial score (nSPS) is 14.9. The van der Waals surface area contributed by atoms with E-state index in [0.29, 0.717) is 10.8 Å². The lowest BCUT2D eigenvalue weighted by molar-refractivity contribution is -0.120. The monoisotopic (exact) mass is 382 g/mol. The van der Waals surface area contributed by atoms with Crippen molar-refractivity contribution in [1.29, 1.82) is 0 Å². The first-order valence-corrected chi connectivity index (χ1v) is 9.22. The van der Waals surface area contributed by atoms with Crippen molar-refractivity contribution in [3.8, 4) is 5.82 Å². The van der Waals surface area contributed by atoms with Crippen LogP contribution in [0.4, 0.5) is 11.5 Å². The molecule has 8 heteroatoms. The summed E-state index contributed by atoms with van der Waals surface area (Å²) in [4.78, 5) is 14.6. The topological polar surface area (TPSA) is 75.9 Å². The Hall–Kier alpha value is -2.93. The molecule has 1 saturated heterocycles. The van der Waals surface area contributed by atoms with E-state index in [2.05, 4.69) is 25.5 Å². The Labute approximate surface area is 162 Å². The van der Waals surface area contributed by atoms with Gasteiger partial charge < -0.3 is 10.2 Å². The highest BCUT2D eigenvalue weighted by Crippen LogP contribution is 2.23. The average Bonchev–Trinajstić information content (AvgIpc) is 3.25. The number of nitrogens with one attached hydrogen (secondary N) is 1. The van der Waals surface area contributed by atoms with Gasteiger partial charge in [-0.1, -0.05) is 11.6 Å². The van der Waals surface area contributed by atoms with Gasteiger partial charge >= 0.3 is 0 Å². The van der Waals surface area contributed by atoms with Crippen LogP contribution < -0.4 is 10.2 Å². The summed E-state index contributed by atoms with van der Waals surface area (Å²) in [5.74, 6) is 1.55. The summed E-state index contributed by atoms with van der Waals surface area (Å²) in [5.41, 5.74) is 0.770. The van der Waals surface area contributed by atoms with Crippen molar-refractivity contribution in [3.05, 3.63) is 59.9 Å². The van der Waals surface area contributed by atoms with Gasteiger partial charge in [-0.05, 0) is 55.3 Å². The molecule has 3 aromatic rings. The van der Waals surface area contributed by atoms with Crippen molar-refractivity contribution in [1.82, 2.24) is 20.0 Å². The van der Waals surface area contributed by atoms with Gasteiger partial charge in [0.15, 0.2) is 11.6 Å². The van der Waals surface area contributed by atoms with Crippen LogP contribution in [0.1, 0.15) is 12.8 Å². The minimum absolute atomic E-state index is 0.00626. The van der Waals surface area contributed by atoms with E-state index in [1.165, 1.54) is 0 Å². The van der Waals surface area contributed by atoms with Crippen LogP contribution in [0.3, 0.4) is 0 Å². The zero-order valence-electron chi connectivity index (χ0n) is 14.6. The molecule has 1 aliphatic rings. The number of carbonyl (C=O) groups excluding carboxylic acids is 1. The summed E-state index contributed by atoms with van der Waals surface area (Å²) >= 11 is 5.88. The van der Waals surface area contributed by atoms with E-state index in [1.54, 1.807) is 23.0 Å². The van der Waals surface area contributed by atoms with Gasteiger partial charge in [-0.25, -0.2) is 4.68 Å². The van der Waals surface area contributed by atoms with Crippen LogP contribution in [0.5, 0.6) is 0 Å². The second-order valence-electron chi connectivity index (χ2n) is 6.46. The molecule has 0 spiro atoms. The number of rotatable bonds is 4. The zero-order valence-corrected chi connectivity index (χ0v) is 15.4. The van der Waals surface area contributed by atoms with Gasteiger partial charge in [0.2, 0.25) is 5.91 Å². The number of carbonyl (C=O) groups is 1. The molecule has 1 amide bonds. The minimum atomic E-state index is -0.00626. The quantitative estimate of drug-likeness (QED) is 0.750. The Morgan fingerprint density at radius 2 is 1.74 bits per heavy atom. The van der Waals surface area contributed by atoms with Gasteiger partial charge in [0.25, 0.3) is 0 Å². The number of hydrogen-bond acceptors (Lipinski definition) is 5. The number of nitrogens with zero attached hydrogens (tertiary/aromatic N) is 5. The fourth-order valence-electron chi connectivity index (χ4n) is 3.16. The van der Waals surface area contributed by atoms with Crippen LogP contribution in [-0.4, -0.2) is 39.0 Å². The first kappa shape index (κ1) is 17.5. The lowest BCUT2D eigenvalue weighted by Crippen LogP contribution is -2.38. The maximum absolute atomic E-state index is 12.5. The smallest absolute Gasteiger partial charge is 0.227 e. The first-order valence-electron chi connectivity index (χ1n) is 8.84. The summed E-state index contributed by atoms with van der Waals surface area (Å²) in [6.45, 7) is 1.54. The molecule has 0 bridgehead atoms. The molecule has 1 fully saturated rings. The maximum Gasteiger partial charge on any atom is 0.227 e. The summed E-state index contributed by atoms with van der Waals surface area (Å²) < 4.78 is 1.67. The highest BCUT2D eigenvalue weighted by atomic mass is 35.5. The van der Waals surface area contributed by atoms with Crippen molar-refractivity contribution < 1.29 is 4.79 Å². The van der Waals surface area contributed by atoms with E-state index in [9.17, 15) is 4.79 Å². The second-order valence-corrected chi connectivity index (χ2v) is 6.89. The van der Waals surface area contributed by atoms with E-state index in [-0.39, 0.29) is 11.8 Å². The summed E-state index contributed by atoms with van der Waals surface area (Å²) in [6.07, 6.45) is 5.09. The standard InChI is InChI=1S/C19H19ClN6O/c20-15-2-4-16(5-3-15)22-19(27)14-8-12-25(13-9-14)17-6-7-18(24-23-17)26-11-1-10-21-26/h1-7,10-11,14H,8-9,12-13H2,(H,22,27). The molecule has 0 unspecified atom stereocenters. The molecular weight excluding hydrogens is 364 g/mol. The van der Waals surface area contributed by atoms with E-state index >= 15 is 0 Å². The van der Waals surface area contributed by atoms with E-state index in [0.717, 1.165) is 37.4 Å². The summed E-state index contributed by atoms with van der Waals surface area (Å²) in [6, 6.07) is 12.8. The lowest BCUT2D eigenvalue weighted by atomic mass is 9.96. The molecule has 7 nitrogen and oxygen atoms in total. The Kier molecular flexibility index (Phi) is 5.02. The third-order valence-corrected chi connectivity index (χ3v) is 4.93. The van der Waals surface area contributed by atoms with Crippen LogP contribution in [-0.2, 0) is 4.79 Å². The highest BCUT2D eigenvalue weighted by molar-refractivity contribution is 6.30. The Morgan fingerprint density at radius 1 is 1.04 bits per heavy atom. The van der Waals surface area contributed by atoms with Gasteiger partial charge in [-0.3, -0.25) is 4.79 Å². The zero-order chi connectivity index (χ0) is 18.6. The van der Waals surface area contributed by atoms with E-state index in [4.69, 9.17) is 11.6 Å². The van der Waals surface area contributed by atoms with Crippen molar-refractivity contribution in [2.75, 3.05) is 23.3 Å². The van der Waals surface area contributed by atoms with Gasteiger partial charge in [0.05, 0.1) is 0 Å². The molecular formula is C19H19ClN6O. The maximum atomic E-state index is 12.5. The molecule has 1 N–H and O–H groups in total. The van der Waals surface area contributed by atoms with Crippen LogP contribution >= 0.6 is 11.6 Å². The van der Waals surface area contributed by atoms with Crippen LogP contribution in [0, 0.1) is 5.92 Å². The Morgan fingerprint density at radius 3 is 2.37 bits per heavy atom. The summed E-state index contributed by atoms with van der Waals surface area (Å²) in [5, 5.41) is 16.3. The van der Waals surface area contributed by atoms with Crippen LogP contribution in [0.15, 0.2) is 54.9 Å². The Bertz CT molecular complexity index is 887. The van der Waals surface area contributed by atoms with Crippen molar-refractivity contribution in [3.63, 3.8) is 0 Å². The van der Waals surface area contributed by atoms with E-state index in [1.807, 2.05) is 36.5 Å². The molecule has 0 radical (unpaired) electrons. The number of anilines is 2. The minimum Gasteiger partial charge on any atom is -0.355 e. The first-order chi connectivity index (χ1) is 13.2. The summed E-state index contributed by atoms with van der Waals surface area (Å²) in [7, 11) is 0. The third kappa shape index (κ3) is 4.09.